The van der Waals surface area contributed by atoms with Gasteiger partial charge in [0.15, 0.2) is 0 Å². The Morgan fingerprint density at radius 3 is 2.52 bits per heavy atom. The first-order valence-corrected chi connectivity index (χ1v) is 9.23. The van der Waals surface area contributed by atoms with Gasteiger partial charge in [-0.05, 0) is 62.9 Å². The molecule has 27 heavy (non-hydrogen) atoms. The Bertz CT molecular complexity index is 953. The van der Waals surface area contributed by atoms with Crippen molar-refractivity contribution < 1.29 is 9.53 Å². The van der Waals surface area contributed by atoms with Crippen LogP contribution in [-0.2, 0) is 6.42 Å². The maximum Gasteiger partial charge on any atom is 0.251 e. The van der Waals surface area contributed by atoms with Gasteiger partial charge < -0.3 is 10.1 Å². The Morgan fingerprint density at radius 1 is 1.00 bits per heavy atom. The molecule has 5 heteroatoms. The minimum atomic E-state index is -0.0748. The quantitative estimate of drug-likeness (QED) is 0.644. The first-order valence-electron chi connectivity index (χ1n) is 9.23. The van der Waals surface area contributed by atoms with Crippen molar-refractivity contribution in [1.29, 1.82) is 0 Å². The van der Waals surface area contributed by atoms with E-state index in [0.29, 0.717) is 12.1 Å². The summed E-state index contributed by atoms with van der Waals surface area (Å²) >= 11 is 0. The number of para-hydroxylation sites is 1. The third kappa shape index (κ3) is 4.61. The van der Waals surface area contributed by atoms with Crippen molar-refractivity contribution in [2.75, 3.05) is 13.7 Å². The van der Waals surface area contributed by atoms with Gasteiger partial charge in [-0.3, -0.25) is 4.79 Å². The molecule has 0 aliphatic heterocycles. The molecule has 0 aliphatic carbocycles. The third-order valence-electron chi connectivity index (χ3n) is 4.69. The minimum Gasteiger partial charge on any atom is -0.496 e. The van der Waals surface area contributed by atoms with E-state index in [-0.39, 0.29) is 5.91 Å². The lowest BCUT2D eigenvalue weighted by Crippen LogP contribution is -2.24. The number of ether oxygens (including phenoxy) is 1. The largest absolute Gasteiger partial charge is 0.496 e. The normalized spacial score (nSPS) is 10.8. The average Bonchev–Trinajstić information content (AvgIpc) is 2.68. The number of aryl methyl sites for hydroxylation is 3. The monoisotopic (exact) mass is 363 g/mol. The van der Waals surface area contributed by atoms with E-state index < -0.39 is 0 Å². The van der Waals surface area contributed by atoms with E-state index in [1.807, 2.05) is 38.1 Å². The van der Waals surface area contributed by atoms with E-state index in [9.17, 15) is 4.79 Å². The molecule has 0 aliphatic rings. The molecule has 1 N–H and O–H groups in total. The van der Waals surface area contributed by atoms with Gasteiger partial charge in [-0.15, -0.1) is 0 Å². The zero-order chi connectivity index (χ0) is 19.2. The van der Waals surface area contributed by atoms with Crippen molar-refractivity contribution >= 4 is 16.9 Å². The zero-order valence-electron chi connectivity index (χ0n) is 16.1. The predicted molar refractivity (Wildman–Crippen MR) is 107 cm³/mol. The number of nitrogens with one attached hydrogen (secondary N) is 1. The number of hydrogen-bond acceptors (Lipinski definition) is 4. The molecule has 2 aromatic carbocycles. The summed E-state index contributed by atoms with van der Waals surface area (Å²) in [6.45, 7) is 4.51. The molecule has 0 atom stereocenters. The second-order valence-electron chi connectivity index (χ2n) is 6.62. The minimum absolute atomic E-state index is 0.0748. The fraction of sp³-hybridized carbons (Fsp3) is 0.318. The fourth-order valence-electron chi connectivity index (χ4n) is 3.03. The van der Waals surface area contributed by atoms with Crippen LogP contribution in [0, 0.1) is 13.8 Å². The van der Waals surface area contributed by atoms with Gasteiger partial charge in [0.05, 0.1) is 29.5 Å². The highest BCUT2D eigenvalue weighted by Crippen LogP contribution is 2.19. The van der Waals surface area contributed by atoms with Crippen molar-refractivity contribution in [2.24, 2.45) is 0 Å². The van der Waals surface area contributed by atoms with Crippen LogP contribution < -0.4 is 10.1 Å². The number of nitrogens with zero attached hydrogens (tertiary/aromatic N) is 2. The third-order valence-corrected chi connectivity index (χ3v) is 4.69. The van der Waals surface area contributed by atoms with Crippen LogP contribution in [-0.4, -0.2) is 29.5 Å². The summed E-state index contributed by atoms with van der Waals surface area (Å²) < 4.78 is 5.37. The molecule has 0 saturated heterocycles. The number of methoxy groups -OCH3 is 1. The maximum atomic E-state index is 12.4. The molecule has 5 nitrogen and oxygen atoms in total. The van der Waals surface area contributed by atoms with Crippen molar-refractivity contribution in [3.8, 4) is 5.75 Å². The molecule has 0 saturated carbocycles. The molecule has 3 rings (SSSR count). The second-order valence-corrected chi connectivity index (χ2v) is 6.62. The first kappa shape index (κ1) is 18.8. The Balaban J connectivity index is 1.52. The van der Waals surface area contributed by atoms with Crippen molar-refractivity contribution in [1.82, 2.24) is 15.3 Å². The van der Waals surface area contributed by atoms with Gasteiger partial charge in [0, 0.05) is 12.1 Å². The van der Waals surface area contributed by atoms with Crippen molar-refractivity contribution in [3.05, 3.63) is 65.0 Å². The second kappa shape index (κ2) is 8.62. The van der Waals surface area contributed by atoms with Crippen LogP contribution >= 0.6 is 0 Å². The number of amides is 1. The van der Waals surface area contributed by atoms with Crippen LogP contribution in [0.4, 0.5) is 0 Å². The molecular weight excluding hydrogens is 338 g/mol. The van der Waals surface area contributed by atoms with Gasteiger partial charge in [-0.1, -0.05) is 18.2 Å². The van der Waals surface area contributed by atoms with Gasteiger partial charge in [0.2, 0.25) is 0 Å². The molecular formula is C22H25N3O2. The summed E-state index contributed by atoms with van der Waals surface area (Å²) in [4.78, 5) is 21.4. The number of carbonyl (C=O) groups excluding carboxylic acids is 1. The number of benzene rings is 2. The summed E-state index contributed by atoms with van der Waals surface area (Å²) in [5, 5.41) is 2.99. The number of unbranched alkanes of at least 4 members (excludes halogenated alkanes) is 1. The molecule has 3 aromatic rings. The molecule has 0 unspecified atom stereocenters. The SMILES string of the molecule is COc1ccccc1CCCCNC(=O)c1ccc2nc(C)c(C)nc2c1. The molecule has 140 valence electrons. The van der Waals surface area contributed by atoms with Crippen LogP contribution in [0.1, 0.15) is 40.2 Å². The standard InChI is InChI=1S/C22H25N3O2/c1-15-16(2)25-20-14-18(11-12-19(20)24-15)22(26)23-13-7-6-9-17-8-4-5-10-21(17)27-3/h4-5,8,10-12,14H,6-7,9,13H2,1-3H3,(H,23,26). The Labute approximate surface area is 159 Å². The zero-order valence-corrected chi connectivity index (χ0v) is 16.1. The van der Waals surface area contributed by atoms with Gasteiger partial charge in [0.25, 0.3) is 5.91 Å². The van der Waals surface area contributed by atoms with E-state index in [1.165, 1.54) is 5.56 Å². The number of carbonyl (C=O) groups is 1. The van der Waals surface area contributed by atoms with E-state index in [1.54, 1.807) is 19.2 Å². The molecule has 1 amide bonds. The topological polar surface area (TPSA) is 64.1 Å². The van der Waals surface area contributed by atoms with Gasteiger partial charge in [-0.25, -0.2) is 9.97 Å². The summed E-state index contributed by atoms with van der Waals surface area (Å²) in [6.07, 6.45) is 2.84. The Kier molecular flexibility index (Phi) is 6.01. The molecule has 1 aromatic heterocycles. The summed E-state index contributed by atoms with van der Waals surface area (Å²) in [6, 6.07) is 13.5. The predicted octanol–water partition coefficient (Wildman–Crippen LogP) is 4.01. The van der Waals surface area contributed by atoms with Crippen LogP contribution in [0.25, 0.3) is 11.0 Å². The van der Waals surface area contributed by atoms with Gasteiger partial charge in [-0.2, -0.15) is 0 Å². The number of rotatable bonds is 7. The number of fused-ring (bicyclic) bond motifs is 1. The van der Waals surface area contributed by atoms with Gasteiger partial charge >= 0.3 is 0 Å². The molecule has 0 radical (unpaired) electrons. The van der Waals surface area contributed by atoms with Crippen LogP contribution in [0.2, 0.25) is 0 Å². The Morgan fingerprint density at radius 2 is 1.74 bits per heavy atom. The highest BCUT2D eigenvalue weighted by atomic mass is 16.5. The van der Waals surface area contributed by atoms with E-state index in [4.69, 9.17) is 4.74 Å². The van der Waals surface area contributed by atoms with E-state index in [0.717, 1.165) is 47.4 Å². The van der Waals surface area contributed by atoms with Crippen molar-refractivity contribution in [2.45, 2.75) is 33.1 Å². The molecule has 0 fully saturated rings. The van der Waals surface area contributed by atoms with Crippen LogP contribution in [0.15, 0.2) is 42.5 Å². The van der Waals surface area contributed by atoms with Gasteiger partial charge in [0.1, 0.15) is 5.75 Å². The molecule has 1 heterocycles. The van der Waals surface area contributed by atoms with Crippen molar-refractivity contribution in [3.63, 3.8) is 0 Å². The van der Waals surface area contributed by atoms with Crippen LogP contribution in [0.3, 0.4) is 0 Å². The lowest BCUT2D eigenvalue weighted by atomic mass is 10.1. The Hall–Kier alpha value is -2.95. The fourth-order valence-corrected chi connectivity index (χ4v) is 3.03. The lowest BCUT2D eigenvalue weighted by molar-refractivity contribution is 0.0953. The number of aromatic nitrogens is 2. The average molecular weight is 363 g/mol. The highest BCUT2D eigenvalue weighted by molar-refractivity contribution is 5.97. The lowest BCUT2D eigenvalue weighted by Gasteiger charge is -2.09. The molecule has 0 bridgehead atoms. The van der Waals surface area contributed by atoms with Crippen LogP contribution in [0.5, 0.6) is 5.75 Å². The smallest absolute Gasteiger partial charge is 0.251 e. The summed E-state index contributed by atoms with van der Waals surface area (Å²) in [5.74, 6) is 0.846. The summed E-state index contributed by atoms with van der Waals surface area (Å²) in [5.41, 5.74) is 5.18. The number of hydrogen-bond donors (Lipinski definition) is 1. The maximum absolute atomic E-state index is 12.4. The highest BCUT2D eigenvalue weighted by Gasteiger charge is 2.08. The van der Waals surface area contributed by atoms with E-state index in [2.05, 4.69) is 21.4 Å². The first-order chi connectivity index (χ1) is 13.1. The van der Waals surface area contributed by atoms with E-state index >= 15 is 0 Å². The summed E-state index contributed by atoms with van der Waals surface area (Å²) in [7, 11) is 1.69. The molecule has 0 spiro atoms.